The van der Waals surface area contributed by atoms with E-state index in [4.69, 9.17) is 0 Å². The van der Waals surface area contributed by atoms with Crippen LogP contribution in [0.3, 0.4) is 0 Å². The largest absolute Gasteiger partial charge is 0.383 e. The van der Waals surface area contributed by atoms with E-state index in [-0.39, 0.29) is 6.04 Å². The minimum atomic E-state index is -4.62. The van der Waals surface area contributed by atoms with Crippen molar-refractivity contribution in [3.8, 4) is 0 Å². The summed E-state index contributed by atoms with van der Waals surface area (Å²) in [7, 11) is 0. The van der Waals surface area contributed by atoms with Crippen LogP contribution in [-0.4, -0.2) is 52.1 Å². The first-order chi connectivity index (χ1) is 8.52. The summed E-state index contributed by atoms with van der Waals surface area (Å²) in [5.74, 6) is -5.36. The van der Waals surface area contributed by atoms with Crippen LogP contribution in [0.1, 0.15) is 26.7 Å². The van der Waals surface area contributed by atoms with Crippen molar-refractivity contribution >= 4 is 5.91 Å². The number of amides is 1. The van der Waals surface area contributed by atoms with Gasteiger partial charge in [-0.15, -0.1) is 0 Å². The first-order valence-corrected chi connectivity index (χ1v) is 5.98. The van der Waals surface area contributed by atoms with Crippen LogP contribution in [0.15, 0.2) is 0 Å². The molecule has 2 rings (SSSR count). The quantitative estimate of drug-likeness (QED) is 0.742. The number of halogens is 4. The minimum Gasteiger partial charge on any atom is -0.383 e. The van der Waals surface area contributed by atoms with Gasteiger partial charge in [0.15, 0.2) is 0 Å². The Bertz CT molecular complexity index is 406. The Balaban J connectivity index is 2.35. The lowest BCUT2D eigenvalue weighted by molar-refractivity contribution is -0.262. The molecule has 2 saturated heterocycles. The van der Waals surface area contributed by atoms with Gasteiger partial charge in [0.2, 0.25) is 5.91 Å². The van der Waals surface area contributed by atoms with Crippen LogP contribution in [0.4, 0.5) is 17.6 Å². The zero-order valence-corrected chi connectivity index (χ0v) is 10.6. The first kappa shape index (κ1) is 14.5. The van der Waals surface area contributed by atoms with Crippen LogP contribution in [0.2, 0.25) is 0 Å². The molecule has 2 aliphatic heterocycles. The number of hydrogen-bond donors (Lipinski definition) is 2. The third kappa shape index (κ3) is 2.01. The Labute approximate surface area is 107 Å². The third-order valence-electron chi connectivity index (χ3n) is 3.89. The van der Waals surface area contributed by atoms with Crippen LogP contribution in [0, 0.1) is 0 Å². The molecule has 0 aliphatic carbocycles. The molecule has 4 nitrogen and oxygen atoms in total. The summed E-state index contributed by atoms with van der Waals surface area (Å²) in [5.41, 5.74) is -4.25. The molecule has 2 aliphatic rings. The van der Waals surface area contributed by atoms with Gasteiger partial charge in [0.1, 0.15) is 5.60 Å². The van der Waals surface area contributed by atoms with Crippen LogP contribution in [0.5, 0.6) is 0 Å². The summed E-state index contributed by atoms with van der Waals surface area (Å²) in [6.45, 7) is 3.52. The summed E-state index contributed by atoms with van der Waals surface area (Å²) in [5, 5.41) is 12.8. The number of fused-ring (bicyclic) bond motifs is 1. The zero-order valence-electron chi connectivity index (χ0n) is 10.6. The van der Waals surface area contributed by atoms with Gasteiger partial charge in [-0.2, -0.15) is 8.78 Å². The van der Waals surface area contributed by atoms with Crippen molar-refractivity contribution in [2.45, 2.75) is 56.3 Å². The van der Waals surface area contributed by atoms with Crippen molar-refractivity contribution in [2.24, 2.45) is 0 Å². The summed E-state index contributed by atoms with van der Waals surface area (Å²) < 4.78 is 51.9. The number of nitrogens with one attached hydrogen (secondary N) is 1. The highest BCUT2D eigenvalue weighted by atomic mass is 19.3. The molecule has 0 aromatic heterocycles. The lowest BCUT2D eigenvalue weighted by Gasteiger charge is -2.48. The Morgan fingerprint density at radius 2 is 2.11 bits per heavy atom. The van der Waals surface area contributed by atoms with Crippen molar-refractivity contribution in [3.05, 3.63) is 0 Å². The standard InChI is InChI=1S/C11H16F4N2O2/c1-6-4-17-7(18)3-10(19,5-9(17,2)16-6)11(14,15)8(12)13/h6,8,16,19H,3-5H2,1-2H3/t6-,9-,10+/m1/s1. The highest BCUT2D eigenvalue weighted by Crippen LogP contribution is 2.47. The number of piperidine rings is 1. The Hall–Kier alpha value is -0.890. The fourth-order valence-corrected chi connectivity index (χ4v) is 3.07. The van der Waals surface area contributed by atoms with Gasteiger partial charge < -0.3 is 10.0 Å². The molecule has 19 heavy (non-hydrogen) atoms. The van der Waals surface area contributed by atoms with E-state index in [1.54, 1.807) is 6.92 Å². The highest BCUT2D eigenvalue weighted by molar-refractivity contribution is 5.80. The molecule has 110 valence electrons. The number of nitrogens with zero attached hydrogens (tertiary/aromatic N) is 1. The van der Waals surface area contributed by atoms with E-state index >= 15 is 0 Å². The molecule has 0 bridgehead atoms. The normalized spacial score (nSPS) is 39.9. The molecule has 2 fully saturated rings. The monoisotopic (exact) mass is 284 g/mol. The Morgan fingerprint density at radius 3 is 2.63 bits per heavy atom. The van der Waals surface area contributed by atoms with Gasteiger partial charge >= 0.3 is 12.3 Å². The van der Waals surface area contributed by atoms with Gasteiger partial charge in [-0.1, -0.05) is 0 Å². The van der Waals surface area contributed by atoms with Crippen molar-refractivity contribution in [1.82, 2.24) is 10.2 Å². The molecular formula is C11H16F4N2O2. The summed E-state index contributed by atoms with van der Waals surface area (Å²) >= 11 is 0. The maximum absolute atomic E-state index is 13.5. The Kier molecular flexibility index (Phi) is 3.10. The topological polar surface area (TPSA) is 52.6 Å². The average Bonchev–Trinajstić information content (AvgIpc) is 2.52. The van der Waals surface area contributed by atoms with Crippen LogP contribution in [-0.2, 0) is 4.79 Å². The number of carbonyl (C=O) groups excluding carboxylic acids is 1. The predicted molar refractivity (Wildman–Crippen MR) is 57.9 cm³/mol. The van der Waals surface area contributed by atoms with Crippen LogP contribution in [0.25, 0.3) is 0 Å². The van der Waals surface area contributed by atoms with E-state index in [2.05, 4.69) is 5.32 Å². The molecule has 3 atom stereocenters. The van der Waals surface area contributed by atoms with E-state index in [0.29, 0.717) is 6.54 Å². The van der Waals surface area contributed by atoms with Gasteiger partial charge in [-0.25, -0.2) is 8.78 Å². The van der Waals surface area contributed by atoms with Gasteiger partial charge in [0, 0.05) is 19.0 Å². The maximum Gasteiger partial charge on any atom is 0.335 e. The van der Waals surface area contributed by atoms with Crippen LogP contribution >= 0.6 is 0 Å². The summed E-state index contributed by atoms with van der Waals surface area (Å²) in [6, 6.07) is -0.142. The van der Waals surface area contributed by atoms with Crippen molar-refractivity contribution in [3.63, 3.8) is 0 Å². The lowest BCUT2D eigenvalue weighted by atomic mass is 9.79. The molecule has 2 N–H and O–H groups in total. The summed E-state index contributed by atoms with van der Waals surface area (Å²) in [4.78, 5) is 13.2. The van der Waals surface area contributed by atoms with Gasteiger partial charge in [0.25, 0.3) is 0 Å². The smallest absolute Gasteiger partial charge is 0.335 e. The first-order valence-electron chi connectivity index (χ1n) is 5.98. The molecule has 0 radical (unpaired) electrons. The van der Waals surface area contributed by atoms with E-state index < -0.39 is 42.4 Å². The van der Waals surface area contributed by atoms with Crippen molar-refractivity contribution in [1.29, 1.82) is 0 Å². The fraction of sp³-hybridized carbons (Fsp3) is 0.909. The third-order valence-corrected chi connectivity index (χ3v) is 3.89. The molecule has 0 spiro atoms. The zero-order chi connectivity index (χ0) is 14.6. The molecule has 1 amide bonds. The molecule has 0 aromatic carbocycles. The lowest BCUT2D eigenvalue weighted by Crippen LogP contribution is -2.67. The highest BCUT2D eigenvalue weighted by Gasteiger charge is 2.66. The van der Waals surface area contributed by atoms with E-state index in [1.807, 2.05) is 0 Å². The van der Waals surface area contributed by atoms with Crippen molar-refractivity contribution in [2.75, 3.05) is 6.54 Å². The number of hydrogen-bond acceptors (Lipinski definition) is 3. The molecule has 0 aromatic rings. The number of carbonyl (C=O) groups is 1. The SMILES string of the molecule is C[C@@H]1CN2C(=O)C[C@@](O)(C(F)(F)C(F)F)C[C@]2(C)N1. The minimum absolute atomic E-state index is 0.142. The molecule has 0 unspecified atom stereocenters. The number of aliphatic hydroxyl groups is 1. The van der Waals surface area contributed by atoms with E-state index in [9.17, 15) is 27.5 Å². The summed E-state index contributed by atoms with van der Waals surface area (Å²) in [6.07, 6.45) is -5.64. The molecular weight excluding hydrogens is 268 g/mol. The van der Waals surface area contributed by atoms with Gasteiger partial charge in [0.05, 0.1) is 12.1 Å². The average molecular weight is 284 g/mol. The second kappa shape index (κ2) is 4.05. The maximum atomic E-state index is 13.5. The van der Waals surface area contributed by atoms with Crippen LogP contribution < -0.4 is 5.32 Å². The van der Waals surface area contributed by atoms with Crippen molar-refractivity contribution < 1.29 is 27.5 Å². The van der Waals surface area contributed by atoms with Gasteiger partial charge in [-0.3, -0.25) is 10.1 Å². The predicted octanol–water partition coefficient (Wildman–Crippen LogP) is 0.948. The van der Waals surface area contributed by atoms with Gasteiger partial charge in [-0.05, 0) is 13.8 Å². The molecule has 8 heteroatoms. The number of alkyl halides is 4. The molecule has 2 heterocycles. The van der Waals surface area contributed by atoms with E-state index in [0.717, 1.165) is 0 Å². The number of rotatable bonds is 2. The Morgan fingerprint density at radius 1 is 1.53 bits per heavy atom. The van der Waals surface area contributed by atoms with E-state index in [1.165, 1.54) is 11.8 Å². The second-order valence-corrected chi connectivity index (χ2v) is 5.63. The second-order valence-electron chi connectivity index (χ2n) is 5.63. The molecule has 0 saturated carbocycles. The fourth-order valence-electron chi connectivity index (χ4n) is 3.07.